The first kappa shape index (κ1) is 14.7. The van der Waals surface area contributed by atoms with Crippen molar-refractivity contribution in [3.05, 3.63) is 66.2 Å². The van der Waals surface area contributed by atoms with Crippen LogP contribution < -0.4 is 5.32 Å². The van der Waals surface area contributed by atoms with Gasteiger partial charge >= 0.3 is 0 Å². The Morgan fingerprint density at radius 2 is 1.57 bits per heavy atom. The fraction of sp³-hybridized carbons (Fsp3) is 0.368. The summed E-state index contributed by atoms with van der Waals surface area (Å²) in [4.78, 5) is 1.39. The largest absolute Gasteiger partial charge is 0.316 e. The Labute approximate surface area is 132 Å². The summed E-state index contributed by atoms with van der Waals surface area (Å²) in [5.74, 6) is 0.706. The van der Waals surface area contributed by atoms with Gasteiger partial charge in [-0.25, -0.2) is 0 Å². The second-order valence-electron chi connectivity index (χ2n) is 5.79. The highest BCUT2D eigenvalue weighted by Crippen LogP contribution is 2.40. The van der Waals surface area contributed by atoms with Gasteiger partial charge in [-0.15, -0.1) is 11.8 Å². The van der Waals surface area contributed by atoms with Gasteiger partial charge in [0.1, 0.15) is 0 Å². The van der Waals surface area contributed by atoms with E-state index in [1.165, 1.54) is 29.7 Å². The first-order valence-corrected chi connectivity index (χ1v) is 8.68. The van der Waals surface area contributed by atoms with E-state index in [1.54, 1.807) is 0 Å². The van der Waals surface area contributed by atoms with Crippen LogP contribution in [0.1, 0.15) is 30.7 Å². The third kappa shape index (κ3) is 3.69. The van der Waals surface area contributed by atoms with Crippen molar-refractivity contribution in [3.8, 4) is 0 Å². The molecular formula is C19H23NS. The van der Waals surface area contributed by atoms with E-state index in [4.69, 9.17) is 0 Å². The molecule has 1 fully saturated rings. The molecule has 2 aromatic rings. The summed E-state index contributed by atoms with van der Waals surface area (Å²) < 4.78 is 0. The Kier molecular flexibility index (Phi) is 5.00. The van der Waals surface area contributed by atoms with E-state index in [-0.39, 0.29) is 0 Å². The van der Waals surface area contributed by atoms with Gasteiger partial charge in [0.25, 0.3) is 0 Å². The molecule has 0 aliphatic heterocycles. The van der Waals surface area contributed by atoms with Crippen LogP contribution in [0.25, 0.3) is 0 Å². The average Bonchev–Trinajstić information content (AvgIpc) is 2.56. The van der Waals surface area contributed by atoms with Crippen LogP contribution in [0.15, 0.2) is 65.6 Å². The Morgan fingerprint density at radius 1 is 0.905 bits per heavy atom. The molecule has 1 aliphatic rings. The standard InChI is InChI=1S/C19H23NS/c1-20-18-13-12-16(15-8-4-2-5-9-15)14-19(18)21-17-10-6-3-7-11-17/h2-11,16,18-20H,12-14H2,1H3. The maximum absolute atomic E-state index is 3.53. The Bertz CT molecular complexity index is 540. The van der Waals surface area contributed by atoms with Crippen LogP contribution in [-0.4, -0.2) is 18.3 Å². The third-order valence-electron chi connectivity index (χ3n) is 4.46. The molecule has 0 amide bonds. The molecule has 0 heterocycles. The van der Waals surface area contributed by atoms with Gasteiger partial charge in [0.15, 0.2) is 0 Å². The van der Waals surface area contributed by atoms with Crippen molar-refractivity contribution in [1.29, 1.82) is 0 Å². The highest BCUT2D eigenvalue weighted by Gasteiger charge is 2.30. The smallest absolute Gasteiger partial charge is 0.0254 e. The second kappa shape index (κ2) is 7.15. The lowest BCUT2D eigenvalue weighted by Gasteiger charge is -2.36. The lowest BCUT2D eigenvalue weighted by atomic mass is 9.81. The normalized spacial score (nSPS) is 25.7. The van der Waals surface area contributed by atoms with Crippen LogP contribution in [0.5, 0.6) is 0 Å². The fourth-order valence-corrected chi connectivity index (χ4v) is 4.72. The average molecular weight is 297 g/mol. The summed E-state index contributed by atoms with van der Waals surface area (Å²) in [6.45, 7) is 0. The molecular weight excluding hydrogens is 274 g/mol. The quantitative estimate of drug-likeness (QED) is 0.877. The Hall–Kier alpha value is -1.25. The van der Waals surface area contributed by atoms with Crippen molar-refractivity contribution < 1.29 is 0 Å². The summed E-state index contributed by atoms with van der Waals surface area (Å²) in [5, 5.41) is 4.17. The molecule has 1 aliphatic carbocycles. The van der Waals surface area contributed by atoms with Crippen LogP contribution in [0, 0.1) is 0 Å². The van der Waals surface area contributed by atoms with Crippen molar-refractivity contribution in [1.82, 2.24) is 5.32 Å². The van der Waals surface area contributed by atoms with Crippen LogP contribution in [0.2, 0.25) is 0 Å². The van der Waals surface area contributed by atoms with E-state index in [9.17, 15) is 0 Å². The van der Waals surface area contributed by atoms with Crippen LogP contribution in [-0.2, 0) is 0 Å². The number of hydrogen-bond donors (Lipinski definition) is 1. The summed E-state index contributed by atoms with van der Waals surface area (Å²) in [5.41, 5.74) is 1.51. The minimum absolute atomic E-state index is 0.621. The van der Waals surface area contributed by atoms with Gasteiger partial charge in [-0.2, -0.15) is 0 Å². The number of hydrogen-bond acceptors (Lipinski definition) is 2. The Balaban J connectivity index is 1.73. The topological polar surface area (TPSA) is 12.0 Å². The molecule has 0 saturated heterocycles. The minimum atomic E-state index is 0.621. The lowest BCUT2D eigenvalue weighted by molar-refractivity contribution is 0.369. The van der Waals surface area contributed by atoms with Gasteiger partial charge in [0, 0.05) is 16.2 Å². The van der Waals surface area contributed by atoms with Gasteiger partial charge in [-0.05, 0) is 49.9 Å². The molecule has 2 aromatic carbocycles. The number of thioether (sulfide) groups is 1. The molecule has 3 atom stereocenters. The number of benzene rings is 2. The zero-order valence-electron chi connectivity index (χ0n) is 12.5. The molecule has 0 aromatic heterocycles. The van der Waals surface area contributed by atoms with E-state index in [0.717, 1.165) is 0 Å². The summed E-state index contributed by atoms with van der Waals surface area (Å²) in [6.07, 6.45) is 3.82. The van der Waals surface area contributed by atoms with E-state index in [2.05, 4.69) is 73.0 Å². The molecule has 2 heteroatoms. The highest BCUT2D eigenvalue weighted by molar-refractivity contribution is 8.00. The summed E-state index contributed by atoms with van der Waals surface area (Å²) in [6, 6.07) is 22.4. The van der Waals surface area contributed by atoms with Crippen molar-refractivity contribution in [2.45, 2.75) is 41.4 Å². The molecule has 1 N–H and O–H groups in total. The van der Waals surface area contributed by atoms with Gasteiger partial charge in [0.2, 0.25) is 0 Å². The van der Waals surface area contributed by atoms with Crippen molar-refractivity contribution in [2.24, 2.45) is 0 Å². The monoisotopic (exact) mass is 297 g/mol. The minimum Gasteiger partial charge on any atom is -0.316 e. The van der Waals surface area contributed by atoms with Crippen LogP contribution >= 0.6 is 11.8 Å². The number of rotatable bonds is 4. The highest BCUT2D eigenvalue weighted by atomic mass is 32.2. The molecule has 0 bridgehead atoms. The van der Waals surface area contributed by atoms with Crippen LogP contribution in [0.3, 0.4) is 0 Å². The maximum atomic E-state index is 3.53. The van der Waals surface area contributed by atoms with Crippen LogP contribution in [0.4, 0.5) is 0 Å². The number of nitrogens with one attached hydrogen (secondary N) is 1. The van der Waals surface area contributed by atoms with Crippen molar-refractivity contribution >= 4 is 11.8 Å². The molecule has 21 heavy (non-hydrogen) atoms. The molecule has 3 unspecified atom stereocenters. The zero-order valence-corrected chi connectivity index (χ0v) is 13.4. The molecule has 1 saturated carbocycles. The van der Waals surface area contributed by atoms with Gasteiger partial charge in [-0.1, -0.05) is 48.5 Å². The second-order valence-corrected chi connectivity index (χ2v) is 7.10. The predicted octanol–water partition coefficient (Wildman–Crippen LogP) is 4.70. The van der Waals surface area contributed by atoms with Gasteiger partial charge in [-0.3, -0.25) is 0 Å². The van der Waals surface area contributed by atoms with Crippen molar-refractivity contribution in [2.75, 3.05) is 7.05 Å². The summed E-state index contributed by atoms with van der Waals surface area (Å²) in [7, 11) is 2.10. The third-order valence-corrected chi connectivity index (χ3v) is 5.83. The van der Waals surface area contributed by atoms with E-state index < -0.39 is 0 Å². The lowest BCUT2D eigenvalue weighted by Crippen LogP contribution is -2.40. The zero-order chi connectivity index (χ0) is 14.5. The fourth-order valence-electron chi connectivity index (χ4n) is 3.29. The first-order chi connectivity index (χ1) is 10.4. The SMILES string of the molecule is CNC1CCC(c2ccccc2)CC1Sc1ccccc1. The molecule has 3 rings (SSSR count). The predicted molar refractivity (Wildman–Crippen MR) is 92.0 cm³/mol. The molecule has 0 spiro atoms. The van der Waals surface area contributed by atoms with E-state index >= 15 is 0 Å². The summed E-state index contributed by atoms with van der Waals surface area (Å²) >= 11 is 2.03. The van der Waals surface area contributed by atoms with Gasteiger partial charge < -0.3 is 5.32 Å². The van der Waals surface area contributed by atoms with E-state index in [0.29, 0.717) is 17.2 Å². The molecule has 1 nitrogen and oxygen atoms in total. The van der Waals surface area contributed by atoms with E-state index in [1.807, 2.05) is 11.8 Å². The maximum Gasteiger partial charge on any atom is 0.0254 e. The van der Waals surface area contributed by atoms with Gasteiger partial charge in [0.05, 0.1) is 0 Å². The molecule has 110 valence electrons. The van der Waals surface area contributed by atoms with Crippen molar-refractivity contribution in [3.63, 3.8) is 0 Å². The first-order valence-electron chi connectivity index (χ1n) is 7.80. The molecule has 0 radical (unpaired) electrons. The Morgan fingerprint density at radius 3 is 2.24 bits per heavy atom.